The lowest BCUT2D eigenvalue weighted by Crippen LogP contribution is -2.46. The molecule has 0 unspecified atom stereocenters. The molecule has 1 saturated heterocycles. The van der Waals surface area contributed by atoms with Gasteiger partial charge in [0, 0.05) is 81.0 Å². The molecule has 1 N–H and O–H groups in total. The highest BCUT2D eigenvalue weighted by Crippen LogP contribution is 2.31. The van der Waals surface area contributed by atoms with Gasteiger partial charge in [-0.1, -0.05) is 48.0 Å². The van der Waals surface area contributed by atoms with Gasteiger partial charge in [-0.3, -0.25) is 14.4 Å². The van der Waals surface area contributed by atoms with Gasteiger partial charge in [0.25, 0.3) is 0 Å². The first-order chi connectivity index (χ1) is 17.5. The highest BCUT2D eigenvalue weighted by atomic mass is 35.5. The fourth-order valence-electron chi connectivity index (χ4n) is 5.05. The van der Waals surface area contributed by atoms with Crippen LogP contribution in [-0.4, -0.2) is 69.9 Å². The molecular formula is C28H32ClN5O2. The van der Waals surface area contributed by atoms with Crippen LogP contribution in [0.5, 0.6) is 5.75 Å². The quantitative estimate of drug-likeness (QED) is 0.509. The molecule has 2 aromatic carbocycles. The first-order valence-corrected chi connectivity index (χ1v) is 12.9. The zero-order chi connectivity index (χ0) is 25.1. The van der Waals surface area contributed by atoms with E-state index in [-0.39, 0.29) is 5.91 Å². The van der Waals surface area contributed by atoms with Gasteiger partial charge >= 0.3 is 0 Å². The average Bonchev–Trinajstić information content (AvgIpc) is 3.25. The summed E-state index contributed by atoms with van der Waals surface area (Å²) < 4.78 is 2.09. The molecule has 0 saturated carbocycles. The molecule has 0 bridgehead atoms. The van der Waals surface area contributed by atoms with Crippen LogP contribution in [0.15, 0.2) is 60.7 Å². The molecule has 7 nitrogen and oxygen atoms in total. The largest absolute Gasteiger partial charge is 0.506 e. The van der Waals surface area contributed by atoms with Gasteiger partial charge in [0.15, 0.2) is 0 Å². The minimum absolute atomic E-state index is 0.0953. The fourth-order valence-corrected chi connectivity index (χ4v) is 5.18. The van der Waals surface area contributed by atoms with Crippen LogP contribution in [0.25, 0.3) is 11.3 Å². The predicted molar refractivity (Wildman–Crippen MR) is 143 cm³/mol. The molecule has 1 fully saturated rings. The number of hydrogen-bond acceptors (Lipinski definition) is 5. The van der Waals surface area contributed by atoms with Gasteiger partial charge in [0.2, 0.25) is 5.91 Å². The van der Waals surface area contributed by atoms with Gasteiger partial charge in [-0.2, -0.15) is 5.10 Å². The molecule has 1 aromatic heterocycles. The number of allylic oxidation sites excluding steroid dienone is 1. The molecule has 36 heavy (non-hydrogen) atoms. The van der Waals surface area contributed by atoms with Gasteiger partial charge < -0.3 is 14.9 Å². The lowest BCUT2D eigenvalue weighted by atomic mass is 10.0. The second-order valence-electron chi connectivity index (χ2n) is 9.40. The third kappa shape index (κ3) is 5.27. The summed E-state index contributed by atoms with van der Waals surface area (Å²) in [6, 6.07) is 15.3. The van der Waals surface area contributed by atoms with Crippen LogP contribution in [-0.2, 0) is 24.3 Å². The maximum atomic E-state index is 12.0. The summed E-state index contributed by atoms with van der Waals surface area (Å²) >= 11 is 6.10. The first kappa shape index (κ1) is 24.4. The van der Waals surface area contributed by atoms with E-state index in [0.29, 0.717) is 23.9 Å². The number of rotatable bonds is 6. The Morgan fingerprint density at radius 1 is 1.00 bits per heavy atom. The van der Waals surface area contributed by atoms with Gasteiger partial charge in [-0.15, -0.1) is 0 Å². The molecule has 3 aromatic rings. The molecule has 3 heterocycles. The summed E-state index contributed by atoms with van der Waals surface area (Å²) in [4.78, 5) is 18.6. The van der Waals surface area contributed by atoms with E-state index in [1.165, 1.54) is 5.69 Å². The van der Waals surface area contributed by atoms with Crippen LogP contribution in [0, 0.1) is 0 Å². The second kappa shape index (κ2) is 10.8. The van der Waals surface area contributed by atoms with Crippen molar-refractivity contribution in [3.63, 3.8) is 0 Å². The number of piperazine rings is 1. The Labute approximate surface area is 217 Å². The lowest BCUT2D eigenvalue weighted by Gasteiger charge is -2.35. The van der Waals surface area contributed by atoms with Crippen molar-refractivity contribution in [3.05, 3.63) is 77.0 Å². The standard InChI is InChI=1S/C28H32ClN5O2/c1-21(35)33-15-12-25-24(20-33)28(22-8-10-23(29)11-9-22)30-34(25)14-5-4-13-31-16-18-32(19-17-31)26-6-2-3-7-27(26)36/h2-11,36H,12-20H2,1H3. The summed E-state index contributed by atoms with van der Waals surface area (Å²) in [7, 11) is 0. The Hall–Kier alpha value is -3.29. The molecule has 2 aliphatic rings. The van der Waals surface area contributed by atoms with Crippen LogP contribution in [0.3, 0.4) is 0 Å². The minimum atomic E-state index is 0.0953. The number of phenolic OH excluding ortho intramolecular Hbond substituents is 1. The molecule has 5 rings (SSSR count). The van der Waals surface area contributed by atoms with Crippen molar-refractivity contribution >= 4 is 23.2 Å². The van der Waals surface area contributed by atoms with E-state index in [1.807, 2.05) is 47.4 Å². The van der Waals surface area contributed by atoms with Crippen LogP contribution < -0.4 is 4.90 Å². The van der Waals surface area contributed by atoms with Crippen molar-refractivity contribution < 1.29 is 9.90 Å². The normalized spacial score (nSPS) is 16.5. The SMILES string of the molecule is CC(=O)N1CCc2c(c(-c3ccc(Cl)cc3)nn2CC=CCN2CCN(c3ccccc3O)CC2)C1. The highest BCUT2D eigenvalue weighted by molar-refractivity contribution is 6.30. The summed E-state index contributed by atoms with van der Waals surface area (Å²) in [5.74, 6) is 0.440. The van der Waals surface area contributed by atoms with Crippen LogP contribution >= 0.6 is 11.6 Å². The zero-order valence-corrected chi connectivity index (χ0v) is 21.4. The third-order valence-electron chi connectivity index (χ3n) is 7.10. The summed E-state index contributed by atoms with van der Waals surface area (Å²) in [6.45, 7) is 8.24. The molecule has 0 aliphatic carbocycles. The maximum Gasteiger partial charge on any atom is 0.219 e. The number of anilines is 1. The number of carbonyl (C=O) groups is 1. The van der Waals surface area contributed by atoms with Crippen LogP contribution in [0.4, 0.5) is 5.69 Å². The van der Waals surface area contributed by atoms with Crippen molar-refractivity contribution in [2.24, 2.45) is 0 Å². The molecule has 2 aliphatic heterocycles. The number of amides is 1. The maximum absolute atomic E-state index is 12.0. The van der Waals surface area contributed by atoms with Gasteiger partial charge in [0.05, 0.1) is 17.9 Å². The topological polar surface area (TPSA) is 64.8 Å². The molecule has 0 spiro atoms. The Bertz CT molecular complexity index is 1250. The first-order valence-electron chi connectivity index (χ1n) is 12.5. The van der Waals surface area contributed by atoms with Gasteiger partial charge in [-0.25, -0.2) is 0 Å². The number of carbonyl (C=O) groups excluding carboxylic acids is 1. The van der Waals surface area contributed by atoms with E-state index in [9.17, 15) is 9.90 Å². The van der Waals surface area contributed by atoms with Crippen molar-refractivity contribution in [1.82, 2.24) is 19.6 Å². The molecule has 188 valence electrons. The molecule has 1 amide bonds. The smallest absolute Gasteiger partial charge is 0.219 e. The number of phenols is 1. The summed E-state index contributed by atoms with van der Waals surface area (Å²) in [5, 5.41) is 15.8. The van der Waals surface area contributed by atoms with E-state index in [1.54, 1.807) is 13.0 Å². The van der Waals surface area contributed by atoms with Crippen molar-refractivity contribution in [1.29, 1.82) is 0 Å². The summed E-state index contributed by atoms with van der Waals surface area (Å²) in [6.07, 6.45) is 5.21. The van der Waals surface area contributed by atoms with Crippen LogP contribution in [0.1, 0.15) is 18.2 Å². The van der Waals surface area contributed by atoms with Crippen molar-refractivity contribution in [3.8, 4) is 17.0 Å². The Kier molecular flexibility index (Phi) is 7.30. The number of nitrogens with zero attached hydrogens (tertiary/aromatic N) is 5. The van der Waals surface area contributed by atoms with E-state index in [0.717, 1.165) is 68.2 Å². The second-order valence-corrected chi connectivity index (χ2v) is 9.84. The predicted octanol–water partition coefficient (Wildman–Crippen LogP) is 4.19. The van der Waals surface area contributed by atoms with Gasteiger partial charge in [0.1, 0.15) is 5.75 Å². The lowest BCUT2D eigenvalue weighted by molar-refractivity contribution is -0.129. The van der Waals surface area contributed by atoms with Gasteiger partial charge in [-0.05, 0) is 24.3 Å². The molecular weight excluding hydrogens is 474 g/mol. The number of para-hydroxylation sites is 2. The Morgan fingerprint density at radius 3 is 2.44 bits per heavy atom. The monoisotopic (exact) mass is 505 g/mol. The third-order valence-corrected chi connectivity index (χ3v) is 7.35. The summed E-state index contributed by atoms with van der Waals surface area (Å²) in [5.41, 5.74) is 5.20. The van der Waals surface area contributed by atoms with E-state index < -0.39 is 0 Å². The number of fused-ring (bicyclic) bond motifs is 1. The average molecular weight is 506 g/mol. The number of hydrogen-bond donors (Lipinski definition) is 1. The molecule has 0 atom stereocenters. The number of aromatic nitrogens is 2. The molecule has 0 radical (unpaired) electrons. The van der Waals surface area contributed by atoms with Crippen LogP contribution in [0.2, 0.25) is 5.02 Å². The Balaban J connectivity index is 1.23. The van der Waals surface area contributed by atoms with E-state index in [2.05, 4.69) is 26.6 Å². The number of halogens is 1. The number of benzene rings is 2. The van der Waals surface area contributed by atoms with Crippen molar-refractivity contribution in [2.75, 3.05) is 44.2 Å². The number of aromatic hydroxyl groups is 1. The highest BCUT2D eigenvalue weighted by Gasteiger charge is 2.26. The zero-order valence-electron chi connectivity index (χ0n) is 20.6. The fraction of sp³-hybridized carbons (Fsp3) is 0.357. The van der Waals surface area contributed by atoms with E-state index >= 15 is 0 Å². The molecule has 8 heteroatoms. The minimum Gasteiger partial charge on any atom is -0.506 e. The van der Waals surface area contributed by atoms with E-state index in [4.69, 9.17) is 16.7 Å². The Morgan fingerprint density at radius 2 is 1.72 bits per heavy atom. The van der Waals surface area contributed by atoms with Crippen molar-refractivity contribution in [2.45, 2.75) is 26.4 Å².